The van der Waals surface area contributed by atoms with Crippen LogP contribution in [0, 0.1) is 5.92 Å². The minimum atomic E-state index is 0.130. The molecule has 2 atom stereocenters. The Kier molecular flexibility index (Phi) is 6.96. The zero-order valence-electron chi connectivity index (χ0n) is 23.1. The van der Waals surface area contributed by atoms with E-state index in [0.717, 1.165) is 29.2 Å². The average molecular weight is 534 g/mol. The van der Waals surface area contributed by atoms with Gasteiger partial charge in [0.15, 0.2) is 0 Å². The number of hydrazone groups is 1. The first kappa shape index (κ1) is 25.4. The van der Waals surface area contributed by atoms with Gasteiger partial charge in [0.2, 0.25) is 5.13 Å². The van der Waals surface area contributed by atoms with Crippen molar-refractivity contribution in [3.63, 3.8) is 0 Å². The molecule has 5 nitrogen and oxygen atoms in total. The van der Waals surface area contributed by atoms with Gasteiger partial charge in [0.1, 0.15) is 0 Å². The van der Waals surface area contributed by atoms with Gasteiger partial charge in [0.05, 0.1) is 17.4 Å². The normalized spacial score (nSPS) is 19.6. The molecule has 4 aromatic rings. The van der Waals surface area contributed by atoms with Crippen molar-refractivity contribution in [2.45, 2.75) is 25.3 Å². The maximum atomic E-state index is 5.34. The second-order valence-electron chi connectivity index (χ2n) is 10.8. The molecule has 198 valence electrons. The molecule has 6 rings (SSSR count). The Labute approximate surface area is 235 Å². The summed E-state index contributed by atoms with van der Waals surface area (Å²) in [7, 11) is 8.33. The molecule has 0 unspecified atom stereocenters. The lowest BCUT2D eigenvalue weighted by atomic mass is 9.77. The summed E-state index contributed by atoms with van der Waals surface area (Å²) in [4.78, 5) is 9.36. The summed E-state index contributed by atoms with van der Waals surface area (Å²) in [6.07, 6.45) is 5.69. The molecule has 1 fully saturated rings. The van der Waals surface area contributed by atoms with Gasteiger partial charge in [-0.1, -0.05) is 54.6 Å². The molecular formula is C33H35N5S. The van der Waals surface area contributed by atoms with E-state index in [2.05, 4.69) is 127 Å². The van der Waals surface area contributed by atoms with Crippen molar-refractivity contribution < 1.29 is 0 Å². The number of thiazole rings is 1. The van der Waals surface area contributed by atoms with E-state index >= 15 is 0 Å². The predicted molar refractivity (Wildman–Crippen MR) is 167 cm³/mol. The van der Waals surface area contributed by atoms with Gasteiger partial charge >= 0.3 is 0 Å². The number of rotatable bonds is 6. The number of fused-ring (bicyclic) bond motifs is 1. The molecule has 0 spiro atoms. The Morgan fingerprint density at radius 2 is 1.51 bits per heavy atom. The van der Waals surface area contributed by atoms with Gasteiger partial charge in [-0.25, -0.2) is 9.99 Å². The highest BCUT2D eigenvalue weighted by Crippen LogP contribution is 2.47. The van der Waals surface area contributed by atoms with Crippen LogP contribution in [-0.2, 0) is 0 Å². The minimum absolute atomic E-state index is 0.130. The summed E-state index contributed by atoms with van der Waals surface area (Å²) in [5, 5.41) is 10.6. The summed E-state index contributed by atoms with van der Waals surface area (Å²) in [5.41, 5.74) is 9.64. The molecule has 1 saturated carbocycles. The number of benzene rings is 3. The van der Waals surface area contributed by atoms with Crippen LogP contribution in [0.5, 0.6) is 0 Å². The van der Waals surface area contributed by atoms with Gasteiger partial charge in [0.25, 0.3) is 0 Å². The quantitative estimate of drug-likeness (QED) is 0.254. The highest BCUT2D eigenvalue weighted by Gasteiger charge is 2.42. The molecule has 0 radical (unpaired) electrons. The first-order valence-electron chi connectivity index (χ1n) is 13.6. The molecule has 0 bridgehead atoms. The fraction of sp³-hybridized carbons (Fsp3) is 0.273. The Hall–Kier alpha value is -3.90. The van der Waals surface area contributed by atoms with Crippen LogP contribution in [0.2, 0.25) is 0 Å². The van der Waals surface area contributed by atoms with Crippen molar-refractivity contribution in [3.8, 4) is 11.3 Å². The monoisotopic (exact) mass is 533 g/mol. The van der Waals surface area contributed by atoms with Gasteiger partial charge in [-0.2, -0.15) is 5.10 Å². The molecule has 39 heavy (non-hydrogen) atoms. The summed E-state index contributed by atoms with van der Waals surface area (Å²) >= 11 is 1.68. The summed E-state index contributed by atoms with van der Waals surface area (Å²) < 4.78 is 0. The third kappa shape index (κ3) is 5.09. The average Bonchev–Trinajstić information content (AvgIpc) is 3.60. The lowest BCUT2D eigenvalue weighted by Crippen LogP contribution is -2.28. The van der Waals surface area contributed by atoms with E-state index in [4.69, 9.17) is 10.1 Å². The summed E-state index contributed by atoms with van der Waals surface area (Å²) in [5.74, 6) is 0.334. The van der Waals surface area contributed by atoms with Crippen LogP contribution in [0.1, 0.15) is 36.4 Å². The topological polar surface area (TPSA) is 35.0 Å². The molecule has 1 aliphatic carbocycles. The Bertz CT molecular complexity index is 1480. The molecule has 1 aromatic heterocycles. The SMILES string of the molecule is CN(C)c1ccc(/C=C2\CCC[C@@H]3C2=NN(c2nc(-c4ccccc4)cs2)[C@H]3c2ccc(N(C)C)cc2)cc1. The Morgan fingerprint density at radius 1 is 0.846 bits per heavy atom. The molecule has 0 saturated heterocycles. The number of aromatic nitrogens is 1. The molecule has 2 heterocycles. The molecule has 0 amide bonds. The van der Waals surface area contributed by atoms with E-state index in [-0.39, 0.29) is 6.04 Å². The number of hydrogen-bond donors (Lipinski definition) is 0. The maximum Gasteiger partial charge on any atom is 0.207 e. The second-order valence-corrected chi connectivity index (χ2v) is 11.6. The molecule has 1 aliphatic heterocycles. The lowest BCUT2D eigenvalue weighted by Gasteiger charge is -2.29. The van der Waals surface area contributed by atoms with Gasteiger partial charge in [-0.3, -0.25) is 0 Å². The largest absolute Gasteiger partial charge is 0.378 e. The number of anilines is 3. The zero-order chi connectivity index (χ0) is 26.9. The Balaban J connectivity index is 1.39. The van der Waals surface area contributed by atoms with E-state index < -0.39 is 0 Å². The first-order chi connectivity index (χ1) is 19.0. The van der Waals surface area contributed by atoms with Gasteiger partial charge in [-0.05, 0) is 66.3 Å². The smallest absolute Gasteiger partial charge is 0.207 e. The van der Waals surface area contributed by atoms with Crippen molar-refractivity contribution in [2.75, 3.05) is 43.0 Å². The fourth-order valence-electron chi connectivity index (χ4n) is 5.64. The number of nitrogens with zero attached hydrogens (tertiary/aromatic N) is 5. The highest BCUT2D eigenvalue weighted by molar-refractivity contribution is 7.14. The van der Waals surface area contributed by atoms with Crippen LogP contribution >= 0.6 is 11.3 Å². The lowest BCUT2D eigenvalue weighted by molar-refractivity contribution is 0.487. The van der Waals surface area contributed by atoms with Gasteiger partial charge < -0.3 is 9.80 Å². The van der Waals surface area contributed by atoms with Crippen LogP contribution in [0.15, 0.2) is 94.9 Å². The van der Waals surface area contributed by atoms with E-state index in [9.17, 15) is 0 Å². The van der Waals surface area contributed by atoms with Crippen molar-refractivity contribution in [1.82, 2.24) is 4.98 Å². The van der Waals surface area contributed by atoms with Gasteiger partial charge in [0, 0.05) is 56.4 Å². The summed E-state index contributed by atoms with van der Waals surface area (Å²) in [6, 6.07) is 28.3. The fourth-order valence-corrected chi connectivity index (χ4v) is 6.46. The first-order valence-corrected chi connectivity index (χ1v) is 14.5. The van der Waals surface area contributed by atoms with Crippen LogP contribution in [0.3, 0.4) is 0 Å². The maximum absolute atomic E-state index is 5.34. The predicted octanol–water partition coefficient (Wildman–Crippen LogP) is 7.74. The van der Waals surface area contributed by atoms with Crippen molar-refractivity contribution in [1.29, 1.82) is 0 Å². The van der Waals surface area contributed by atoms with Crippen LogP contribution < -0.4 is 14.8 Å². The number of hydrogen-bond acceptors (Lipinski definition) is 6. The van der Waals surface area contributed by atoms with Crippen molar-refractivity contribution >= 4 is 39.6 Å². The van der Waals surface area contributed by atoms with Crippen molar-refractivity contribution in [2.24, 2.45) is 11.0 Å². The van der Waals surface area contributed by atoms with Crippen LogP contribution in [0.4, 0.5) is 16.5 Å². The highest BCUT2D eigenvalue weighted by atomic mass is 32.1. The molecule has 3 aromatic carbocycles. The van der Waals surface area contributed by atoms with E-state index in [1.54, 1.807) is 11.3 Å². The Morgan fingerprint density at radius 3 is 2.18 bits per heavy atom. The second kappa shape index (κ2) is 10.7. The third-order valence-electron chi connectivity index (χ3n) is 7.76. The standard InChI is InChI=1S/C33H35N5S/c1-36(2)27-17-13-23(14-18-27)21-26-11-8-12-29-31(26)35-38(32(29)25-15-19-28(20-16-25)37(3)4)33-34-30(22-39-33)24-9-6-5-7-10-24/h5-7,9-10,13-22,29,32H,8,11-12H2,1-4H3/b26-21+/t29-,32+/m1/s1. The molecule has 0 N–H and O–H groups in total. The van der Waals surface area contributed by atoms with E-state index in [0.29, 0.717) is 5.92 Å². The van der Waals surface area contributed by atoms with Crippen molar-refractivity contribution in [3.05, 3.63) is 101 Å². The number of allylic oxidation sites excluding steroid dienone is 1. The molecule has 6 heteroatoms. The molecular weight excluding hydrogens is 498 g/mol. The summed E-state index contributed by atoms with van der Waals surface area (Å²) in [6.45, 7) is 0. The van der Waals surface area contributed by atoms with E-state index in [1.165, 1.54) is 40.2 Å². The molecule has 2 aliphatic rings. The zero-order valence-corrected chi connectivity index (χ0v) is 23.9. The van der Waals surface area contributed by atoms with E-state index in [1.807, 2.05) is 6.07 Å². The third-order valence-corrected chi connectivity index (χ3v) is 8.59. The van der Waals surface area contributed by atoms with Crippen LogP contribution in [-0.4, -0.2) is 38.9 Å². The van der Waals surface area contributed by atoms with Crippen LogP contribution in [0.25, 0.3) is 17.3 Å². The van der Waals surface area contributed by atoms with Gasteiger partial charge in [-0.15, -0.1) is 11.3 Å². The minimum Gasteiger partial charge on any atom is -0.378 e.